The van der Waals surface area contributed by atoms with Crippen LogP contribution in [0.1, 0.15) is 22.3 Å². The molecule has 0 fully saturated rings. The summed E-state index contributed by atoms with van der Waals surface area (Å²) in [5.41, 5.74) is 6.69. The van der Waals surface area contributed by atoms with Crippen molar-refractivity contribution in [3.05, 3.63) is 110 Å². The van der Waals surface area contributed by atoms with Gasteiger partial charge in [0.05, 0.1) is 4.91 Å². The summed E-state index contributed by atoms with van der Waals surface area (Å²) in [6, 6.07) is 25.4. The van der Waals surface area contributed by atoms with Gasteiger partial charge in [0.1, 0.15) is 5.71 Å². The number of allylic oxidation sites excluding steroid dienone is 1. The van der Waals surface area contributed by atoms with E-state index in [0.717, 1.165) is 38.3 Å². The Balaban J connectivity index is 1.78. The largest absolute Gasteiger partial charge is 0.354 e. The second kappa shape index (κ2) is 6.84. The molecule has 2 nitrogen and oxygen atoms in total. The zero-order chi connectivity index (χ0) is 19.1. The van der Waals surface area contributed by atoms with Gasteiger partial charge in [-0.15, -0.1) is 0 Å². The molecular weight excluding hydrogens is 362 g/mol. The maximum Gasteiger partial charge on any atom is 0.180 e. The monoisotopic (exact) mass is 381 g/mol. The van der Waals surface area contributed by atoms with Crippen LogP contribution in [0.15, 0.2) is 82.9 Å². The summed E-state index contributed by atoms with van der Waals surface area (Å²) in [4.78, 5) is 7.11. The average Bonchev–Trinajstić information content (AvgIpc) is 2.74. The topological polar surface area (TPSA) is 21.6 Å². The first kappa shape index (κ1) is 17.1. The van der Waals surface area contributed by atoms with Gasteiger partial charge in [-0.25, -0.2) is 0 Å². The predicted molar refractivity (Wildman–Crippen MR) is 118 cm³/mol. The summed E-state index contributed by atoms with van der Waals surface area (Å²) in [5.74, 6) is 0.842. The van der Waals surface area contributed by atoms with Crippen molar-refractivity contribution in [2.45, 2.75) is 13.8 Å². The van der Waals surface area contributed by atoms with Gasteiger partial charge in [-0.05, 0) is 30.0 Å². The molecule has 136 valence electrons. The first-order valence-corrected chi connectivity index (χ1v) is 10.2. The van der Waals surface area contributed by atoms with Gasteiger partial charge < -0.3 is 4.84 Å². The molecule has 28 heavy (non-hydrogen) atoms. The highest BCUT2D eigenvalue weighted by molar-refractivity contribution is 8.10. The van der Waals surface area contributed by atoms with Gasteiger partial charge in [0, 0.05) is 16.4 Å². The highest BCUT2D eigenvalue weighted by atomic mass is 32.2. The average molecular weight is 382 g/mol. The Morgan fingerprint density at radius 1 is 0.750 bits per heavy atom. The molecule has 0 spiro atoms. The van der Waals surface area contributed by atoms with Gasteiger partial charge in [-0.2, -0.15) is 0 Å². The molecule has 0 radical (unpaired) electrons. The van der Waals surface area contributed by atoms with Crippen molar-refractivity contribution in [2.24, 2.45) is 5.16 Å². The van der Waals surface area contributed by atoms with Crippen molar-refractivity contribution in [1.82, 2.24) is 0 Å². The summed E-state index contributed by atoms with van der Waals surface area (Å²) in [6.07, 6.45) is 0. The Morgan fingerprint density at radius 3 is 2.11 bits per heavy atom. The van der Waals surface area contributed by atoms with Crippen molar-refractivity contribution in [3.63, 3.8) is 0 Å². The Labute approximate surface area is 168 Å². The molecule has 0 aromatic heterocycles. The van der Waals surface area contributed by atoms with Gasteiger partial charge in [-0.3, -0.25) is 0 Å². The van der Waals surface area contributed by atoms with Crippen LogP contribution in [-0.4, -0.2) is 5.71 Å². The van der Waals surface area contributed by atoms with Crippen molar-refractivity contribution in [3.8, 4) is 0 Å². The lowest BCUT2D eigenvalue weighted by molar-refractivity contribution is 0.295. The van der Waals surface area contributed by atoms with Crippen LogP contribution in [0.4, 0.5) is 0 Å². The van der Waals surface area contributed by atoms with E-state index in [1.165, 1.54) is 16.3 Å². The van der Waals surface area contributed by atoms with E-state index in [4.69, 9.17) is 4.84 Å². The van der Waals surface area contributed by atoms with Crippen LogP contribution in [0.2, 0.25) is 0 Å². The molecule has 2 heterocycles. The lowest BCUT2D eigenvalue weighted by Gasteiger charge is -2.24. The normalized spacial score (nSPS) is 15.2. The van der Waals surface area contributed by atoms with Crippen molar-refractivity contribution < 1.29 is 4.84 Å². The Bertz CT molecular complexity index is 1250. The highest BCUT2D eigenvalue weighted by Gasteiger charge is 2.28. The highest BCUT2D eigenvalue weighted by Crippen LogP contribution is 2.40. The smallest absolute Gasteiger partial charge is 0.180 e. The number of benzene rings is 3. The minimum atomic E-state index is 0.842. The van der Waals surface area contributed by atoms with E-state index in [0.29, 0.717) is 0 Å². The quantitative estimate of drug-likeness (QED) is 0.639. The van der Waals surface area contributed by atoms with Crippen LogP contribution < -0.4 is 10.4 Å². The lowest BCUT2D eigenvalue weighted by Crippen LogP contribution is -2.31. The number of fused-ring (bicyclic) bond motifs is 2. The Morgan fingerprint density at radius 2 is 1.39 bits per heavy atom. The fraction of sp³-hybridized carbons (Fsp3) is 0.0800. The second-order valence-corrected chi connectivity index (χ2v) is 8.00. The minimum absolute atomic E-state index is 0.842. The van der Waals surface area contributed by atoms with E-state index in [-0.39, 0.29) is 0 Å². The lowest BCUT2D eigenvalue weighted by atomic mass is 9.93. The Hall–Kier alpha value is -3.04. The summed E-state index contributed by atoms with van der Waals surface area (Å²) in [7, 11) is 0. The van der Waals surface area contributed by atoms with Crippen LogP contribution in [0.25, 0.3) is 16.7 Å². The summed E-state index contributed by atoms with van der Waals surface area (Å²) in [5, 5.41) is 9.05. The molecule has 0 unspecified atom stereocenters. The molecule has 0 saturated heterocycles. The molecule has 2 aliphatic heterocycles. The number of aryl methyl sites for hydroxylation is 2. The third kappa shape index (κ3) is 2.88. The number of rotatable bonds is 2. The van der Waals surface area contributed by atoms with E-state index < -0.39 is 0 Å². The summed E-state index contributed by atoms with van der Waals surface area (Å²) < 4.78 is 0. The van der Waals surface area contributed by atoms with Gasteiger partial charge in [-0.1, -0.05) is 101 Å². The molecule has 0 saturated carbocycles. The third-order valence-corrected chi connectivity index (χ3v) is 6.07. The van der Waals surface area contributed by atoms with Crippen LogP contribution in [0.5, 0.6) is 0 Å². The van der Waals surface area contributed by atoms with E-state index in [1.54, 1.807) is 11.8 Å². The standard InChI is InChI=1S/C25H19NOS/c1-16-7-11-18(12-8-16)22-23(19-13-9-17(2)10-14-19)26-27-24-21-6-4-3-5-20(21)15-28-25(22)24/h3-15H,1-2H3. The number of nitrogens with zero attached hydrogens (tertiary/aromatic N) is 1. The molecular formula is C25H19NOS. The van der Waals surface area contributed by atoms with Crippen molar-refractivity contribution in [1.29, 1.82) is 0 Å². The fourth-order valence-corrected chi connectivity index (χ4v) is 4.55. The second-order valence-electron chi connectivity index (χ2n) is 7.12. The van der Waals surface area contributed by atoms with Crippen LogP contribution in [0.3, 0.4) is 0 Å². The van der Waals surface area contributed by atoms with E-state index in [9.17, 15) is 0 Å². The van der Waals surface area contributed by atoms with Gasteiger partial charge in [0.25, 0.3) is 0 Å². The molecule has 3 aromatic carbocycles. The number of thioether (sulfide) groups is 1. The zero-order valence-electron chi connectivity index (χ0n) is 15.8. The van der Waals surface area contributed by atoms with Crippen LogP contribution in [-0.2, 0) is 4.84 Å². The molecule has 3 heteroatoms. The fourth-order valence-electron chi connectivity index (χ4n) is 3.51. The molecule has 0 aliphatic carbocycles. The van der Waals surface area contributed by atoms with Gasteiger partial charge in [0.15, 0.2) is 5.76 Å². The van der Waals surface area contributed by atoms with E-state index in [2.05, 4.69) is 91.1 Å². The van der Waals surface area contributed by atoms with Crippen molar-refractivity contribution >= 4 is 34.2 Å². The molecule has 0 bridgehead atoms. The molecule has 5 rings (SSSR count). The summed E-state index contributed by atoms with van der Waals surface area (Å²) >= 11 is 1.71. The van der Waals surface area contributed by atoms with Crippen LogP contribution in [0, 0.1) is 13.8 Å². The van der Waals surface area contributed by atoms with Crippen LogP contribution >= 0.6 is 11.8 Å². The molecule has 2 aliphatic rings. The number of hydrogen-bond donors (Lipinski definition) is 0. The van der Waals surface area contributed by atoms with Gasteiger partial charge in [0.2, 0.25) is 0 Å². The van der Waals surface area contributed by atoms with E-state index in [1.807, 2.05) is 6.07 Å². The predicted octanol–water partition coefficient (Wildman–Crippen LogP) is 4.74. The minimum Gasteiger partial charge on any atom is -0.354 e. The van der Waals surface area contributed by atoms with Gasteiger partial charge >= 0.3 is 0 Å². The maximum atomic E-state index is 5.99. The molecule has 3 aromatic rings. The molecule has 0 amide bonds. The summed E-state index contributed by atoms with van der Waals surface area (Å²) in [6.45, 7) is 4.20. The Kier molecular flexibility index (Phi) is 4.18. The number of oxime groups is 1. The first-order chi connectivity index (χ1) is 13.7. The first-order valence-electron chi connectivity index (χ1n) is 9.31. The molecule has 0 N–H and O–H groups in total. The SMILES string of the molecule is Cc1ccc(C2=NOC3=c4ccccc4=CSC3=C2c2ccc(C)cc2)cc1. The molecule has 0 atom stereocenters. The zero-order valence-corrected chi connectivity index (χ0v) is 16.6. The number of hydrogen-bond acceptors (Lipinski definition) is 3. The van der Waals surface area contributed by atoms with Crippen molar-refractivity contribution in [2.75, 3.05) is 0 Å². The third-order valence-electron chi connectivity index (χ3n) is 5.07. The maximum absolute atomic E-state index is 5.99. The van der Waals surface area contributed by atoms with E-state index >= 15 is 0 Å².